The standard InChI is InChI=1S/C21H14F4N4/c1-12-19(16-10-18-13(9-17(16)22)3-2-8-26-18)27-11-28-20(12)29-15-6-4-14(5-7-15)21(23,24)25/h2-11H,1H3,(H,27,28,29). The van der Waals surface area contributed by atoms with Crippen LogP contribution < -0.4 is 5.32 Å². The van der Waals surface area contributed by atoms with Crippen molar-refractivity contribution < 1.29 is 17.6 Å². The smallest absolute Gasteiger partial charge is 0.340 e. The average molecular weight is 398 g/mol. The first kappa shape index (κ1) is 18.8. The minimum atomic E-state index is -4.40. The molecule has 0 aliphatic heterocycles. The number of nitrogens with one attached hydrogen (secondary N) is 1. The molecule has 8 heteroatoms. The summed E-state index contributed by atoms with van der Waals surface area (Å²) in [7, 11) is 0. The van der Waals surface area contributed by atoms with Crippen LogP contribution in [0.4, 0.5) is 29.1 Å². The molecule has 0 saturated carbocycles. The molecule has 0 atom stereocenters. The zero-order valence-corrected chi connectivity index (χ0v) is 15.1. The number of pyridine rings is 1. The van der Waals surface area contributed by atoms with E-state index in [0.29, 0.717) is 33.7 Å². The maximum atomic E-state index is 14.7. The maximum absolute atomic E-state index is 14.7. The monoisotopic (exact) mass is 398 g/mol. The largest absolute Gasteiger partial charge is 0.416 e. The summed E-state index contributed by atoms with van der Waals surface area (Å²) in [5, 5.41) is 3.63. The highest BCUT2D eigenvalue weighted by molar-refractivity contribution is 5.85. The molecule has 1 N–H and O–H groups in total. The van der Waals surface area contributed by atoms with Gasteiger partial charge in [0.1, 0.15) is 18.0 Å². The van der Waals surface area contributed by atoms with Gasteiger partial charge in [0.2, 0.25) is 0 Å². The number of anilines is 2. The van der Waals surface area contributed by atoms with Gasteiger partial charge in [-0.15, -0.1) is 0 Å². The highest BCUT2D eigenvalue weighted by atomic mass is 19.4. The molecular formula is C21H14F4N4. The molecule has 0 saturated heterocycles. The van der Waals surface area contributed by atoms with Crippen LogP contribution in [0.2, 0.25) is 0 Å². The van der Waals surface area contributed by atoms with Crippen molar-refractivity contribution in [3.63, 3.8) is 0 Å². The number of hydrogen-bond acceptors (Lipinski definition) is 4. The lowest BCUT2D eigenvalue weighted by molar-refractivity contribution is -0.137. The second-order valence-electron chi connectivity index (χ2n) is 6.42. The van der Waals surface area contributed by atoms with Gasteiger partial charge in [-0.1, -0.05) is 6.07 Å². The molecule has 2 aromatic heterocycles. The number of nitrogens with zero attached hydrogens (tertiary/aromatic N) is 3. The van der Waals surface area contributed by atoms with Crippen LogP contribution in [0.3, 0.4) is 0 Å². The maximum Gasteiger partial charge on any atom is 0.416 e. The lowest BCUT2D eigenvalue weighted by atomic mass is 10.0. The number of benzene rings is 2. The Kier molecular flexibility index (Phi) is 4.62. The van der Waals surface area contributed by atoms with E-state index in [4.69, 9.17) is 0 Å². The van der Waals surface area contributed by atoms with E-state index in [0.717, 1.165) is 12.1 Å². The van der Waals surface area contributed by atoms with Gasteiger partial charge in [-0.25, -0.2) is 14.4 Å². The van der Waals surface area contributed by atoms with Crippen LogP contribution >= 0.6 is 0 Å². The van der Waals surface area contributed by atoms with Gasteiger partial charge < -0.3 is 5.32 Å². The van der Waals surface area contributed by atoms with Gasteiger partial charge in [0.25, 0.3) is 0 Å². The summed E-state index contributed by atoms with van der Waals surface area (Å²) in [6.07, 6.45) is -1.51. The molecule has 4 rings (SSSR count). The first-order valence-corrected chi connectivity index (χ1v) is 8.63. The van der Waals surface area contributed by atoms with Gasteiger partial charge in [-0.3, -0.25) is 4.98 Å². The van der Waals surface area contributed by atoms with Crippen molar-refractivity contribution in [1.82, 2.24) is 15.0 Å². The molecule has 2 heterocycles. The summed E-state index contributed by atoms with van der Waals surface area (Å²) in [6.45, 7) is 1.71. The Labute approximate surface area is 163 Å². The Morgan fingerprint density at radius 3 is 2.41 bits per heavy atom. The van der Waals surface area contributed by atoms with E-state index in [1.54, 1.807) is 31.3 Å². The van der Waals surface area contributed by atoms with Crippen molar-refractivity contribution in [2.24, 2.45) is 0 Å². The molecule has 4 aromatic rings. The van der Waals surface area contributed by atoms with Crippen molar-refractivity contribution in [2.45, 2.75) is 13.1 Å². The molecule has 0 fully saturated rings. The lowest BCUT2D eigenvalue weighted by Crippen LogP contribution is -2.05. The second-order valence-corrected chi connectivity index (χ2v) is 6.42. The van der Waals surface area contributed by atoms with Crippen LogP contribution in [0.15, 0.2) is 61.1 Å². The van der Waals surface area contributed by atoms with Gasteiger partial charge in [0.15, 0.2) is 0 Å². The summed E-state index contributed by atoms with van der Waals surface area (Å²) in [5.74, 6) is -0.0805. The molecule has 29 heavy (non-hydrogen) atoms. The highest BCUT2D eigenvalue weighted by Gasteiger charge is 2.30. The second kappa shape index (κ2) is 7.12. The molecule has 146 valence electrons. The lowest BCUT2D eigenvalue weighted by Gasteiger charge is -2.13. The van der Waals surface area contributed by atoms with Crippen molar-refractivity contribution >= 4 is 22.4 Å². The van der Waals surface area contributed by atoms with E-state index in [-0.39, 0.29) is 5.56 Å². The van der Waals surface area contributed by atoms with Gasteiger partial charge in [0.05, 0.1) is 16.8 Å². The zero-order chi connectivity index (χ0) is 20.6. The quantitative estimate of drug-likeness (QED) is 0.437. The predicted octanol–water partition coefficient (Wildman–Crippen LogP) is 5.90. The van der Waals surface area contributed by atoms with Crippen molar-refractivity contribution in [3.05, 3.63) is 78.0 Å². The van der Waals surface area contributed by atoms with Crippen molar-refractivity contribution in [3.8, 4) is 11.3 Å². The number of halogens is 4. The molecule has 0 aliphatic carbocycles. The molecule has 0 radical (unpaired) electrons. The molecule has 0 amide bonds. The molecule has 2 aromatic carbocycles. The zero-order valence-electron chi connectivity index (χ0n) is 15.1. The third-order valence-corrected chi connectivity index (χ3v) is 4.51. The third kappa shape index (κ3) is 3.73. The molecule has 0 bridgehead atoms. The minimum Gasteiger partial charge on any atom is -0.340 e. The fourth-order valence-electron chi connectivity index (χ4n) is 3.00. The molecule has 0 spiro atoms. The minimum absolute atomic E-state index is 0.270. The summed E-state index contributed by atoms with van der Waals surface area (Å²) >= 11 is 0. The molecule has 4 nitrogen and oxygen atoms in total. The summed E-state index contributed by atoms with van der Waals surface area (Å²) in [4.78, 5) is 12.6. The first-order chi connectivity index (χ1) is 13.8. The number of hydrogen-bond donors (Lipinski definition) is 1. The Bertz CT molecular complexity index is 1190. The topological polar surface area (TPSA) is 50.7 Å². The average Bonchev–Trinajstić information content (AvgIpc) is 2.69. The van der Waals surface area contributed by atoms with Crippen LogP contribution in [0.25, 0.3) is 22.2 Å². The first-order valence-electron chi connectivity index (χ1n) is 8.63. The number of alkyl halides is 3. The van der Waals surface area contributed by atoms with Crippen LogP contribution in [0.1, 0.15) is 11.1 Å². The van der Waals surface area contributed by atoms with Gasteiger partial charge >= 0.3 is 6.18 Å². The normalized spacial score (nSPS) is 11.6. The van der Waals surface area contributed by atoms with Crippen molar-refractivity contribution in [2.75, 3.05) is 5.32 Å². The van der Waals surface area contributed by atoms with Gasteiger partial charge in [0, 0.05) is 28.4 Å². The van der Waals surface area contributed by atoms with Crippen LogP contribution in [0.5, 0.6) is 0 Å². The van der Waals surface area contributed by atoms with Crippen LogP contribution in [-0.2, 0) is 6.18 Å². The summed E-state index contributed by atoms with van der Waals surface area (Å²) in [5.41, 5.74) is 1.51. The van der Waals surface area contributed by atoms with E-state index in [1.807, 2.05) is 0 Å². The van der Waals surface area contributed by atoms with E-state index in [1.165, 1.54) is 24.5 Å². The molecule has 0 unspecified atom stereocenters. The fraction of sp³-hybridized carbons (Fsp3) is 0.0952. The van der Waals surface area contributed by atoms with E-state index < -0.39 is 17.6 Å². The Hall–Kier alpha value is -3.55. The number of aromatic nitrogens is 3. The van der Waals surface area contributed by atoms with Gasteiger partial charge in [-0.05, 0) is 49.4 Å². The molecular weight excluding hydrogens is 384 g/mol. The fourth-order valence-corrected chi connectivity index (χ4v) is 3.00. The summed E-state index contributed by atoms with van der Waals surface area (Å²) < 4.78 is 52.8. The Morgan fingerprint density at radius 2 is 1.69 bits per heavy atom. The van der Waals surface area contributed by atoms with E-state index >= 15 is 0 Å². The third-order valence-electron chi connectivity index (χ3n) is 4.51. The van der Waals surface area contributed by atoms with Crippen molar-refractivity contribution in [1.29, 1.82) is 0 Å². The highest BCUT2D eigenvalue weighted by Crippen LogP contribution is 2.32. The predicted molar refractivity (Wildman–Crippen MR) is 102 cm³/mol. The number of rotatable bonds is 3. The van der Waals surface area contributed by atoms with E-state index in [2.05, 4.69) is 20.3 Å². The van der Waals surface area contributed by atoms with E-state index in [9.17, 15) is 17.6 Å². The van der Waals surface area contributed by atoms with Crippen LogP contribution in [0, 0.1) is 12.7 Å². The SMILES string of the molecule is Cc1c(Nc2ccc(C(F)(F)F)cc2)ncnc1-c1cc2ncccc2cc1F. The summed E-state index contributed by atoms with van der Waals surface area (Å²) in [6, 6.07) is 11.1. The number of fused-ring (bicyclic) bond motifs is 1. The van der Waals surface area contributed by atoms with Crippen LogP contribution in [-0.4, -0.2) is 15.0 Å². The Morgan fingerprint density at radius 1 is 0.931 bits per heavy atom. The molecule has 0 aliphatic rings. The van der Waals surface area contributed by atoms with Gasteiger partial charge in [-0.2, -0.15) is 13.2 Å². The Balaban J connectivity index is 1.70.